The van der Waals surface area contributed by atoms with Crippen molar-refractivity contribution in [2.45, 2.75) is 19.3 Å². The zero-order valence-electron chi connectivity index (χ0n) is 32.7. The summed E-state index contributed by atoms with van der Waals surface area (Å²) in [5.74, 6) is 1.76. The van der Waals surface area contributed by atoms with E-state index in [0.717, 1.165) is 67.4 Å². The summed E-state index contributed by atoms with van der Waals surface area (Å²) in [7, 11) is 0. The highest BCUT2D eigenvalue weighted by atomic mass is 16.5. The molecule has 2 aliphatic heterocycles. The summed E-state index contributed by atoms with van der Waals surface area (Å²) in [5, 5.41) is 4.58. The third-order valence-electron chi connectivity index (χ3n) is 12.4. The molecule has 0 atom stereocenters. The number of para-hydroxylation sites is 3. The molecule has 0 saturated carbocycles. The van der Waals surface area contributed by atoms with Gasteiger partial charge in [0.15, 0.2) is 17.1 Å². The summed E-state index contributed by atoms with van der Waals surface area (Å²) < 4.78 is 13.3. The number of anilines is 6. The van der Waals surface area contributed by atoms with Gasteiger partial charge >= 0.3 is 0 Å². The molecular weight excluding hydrogens is 721 g/mol. The van der Waals surface area contributed by atoms with E-state index in [1.807, 2.05) is 12.1 Å². The van der Waals surface area contributed by atoms with Crippen LogP contribution in [0.5, 0.6) is 11.5 Å². The number of fused-ring (bicyclic) bond motifs is 9. The predicted molar refractivity (Wildman–Crippen MR) is 244 cm³/mol. The normalized spacial score (nSPS) is 13.5. The van der Waals surface area contributed by atoms with Gasteiger partial charge in [0.05, 0.1) is 22.7 Å². The molecular formula is C55H38N2O2. The van der Waals surface area contributed by atoms with Gasteiger partial charge in [0, 0.05) is 32.9 Å². The fraction of sp³-hybridized carbons (Fsp3) is 0.0545. The molecule has 1 aromatic heterocycles. The van der Waals surface area contributed by atoms with Crippen LogP contribution in [0, 0.1) is 0 Å². The molecule has 59 heavy (non-hydrogen) atoms. The van der Waals surface area contributed by atoms with Crippen molar-refractivity contribution in [3.63, 3.8) is 0 Å². The zero-order chi connectivity index (χ0) is 39.2. The molecule has 0 spiro atoms. The maximum Gasteiger partial charge on any atom is 0.159 e. The van der Waals surface area contributed by atoms with E-state index in [9.17, 15) is 0 Å². The molecule has 9 aromatic carbocycles. The fourth-order valence-corrected chi connectivity index (χ4v) is 9.49. The van der Waals surface area contributed by atoms with Crippen molar-refractivity contribution in [3.05, 3.63) is 205 Å². The number of rotatable bonds is 5. The smallest absolute Gasteiger partial charge is 0.159 e. The molecule has 0 amide bonds. The molecule has 280 valence electrons. The first-order valence-corrected chi connectivity index (χ1v) is 20.3. The second-order valence-corrected chi connectivity index (χ2v) is 16.1. The Balaban J connectivity index is 0.980. The molecule has 10 aromatic rings. The summed E-state index contributed by atoms with van der Waals surface area (Å²) in [5.41, 5.74) is 15.2. The van der Waals surface area contributed by atoms with Crippen LogP contribution in [0.3, 0.4) is 0 Å². The molecule has 0 fully saturated rings. The monoisotopic (exact) mass is 758 g/mol. The van der Waals surface area contributed by atoms with Crippen molar-refractivity contribution in [2.75, 3.05) is 9.80 Å². The molecule has 0 radical (unpaired) electrons. The Labute approximate surface area is 342 Å². The van der Waals surface area contributed by atoms with Gasteiger partial charge in [-0.3, -0.25) is 0 Å². The largest absolute Gasteiger partial charge is 0.454 e. The highest BCUT2D eigenvalue weighted by Crippen LogP contribution is 2.61. The highest BCUT2D eigenvalue weighted by molar-refractivity contribution is 6.10. The quantitative estimate of drug-likeness (QED) is 0.175. The van der Waals surface area contributed by atoms with Crippen LogP contribution >= 0.6 is 0 Å². The van der Waals surface area contributed by atoms with E-state index in [1.165, 1.54) is 44.3 Å². The Bertz CT molecular complexity index is 3270. The first kappa shape index (κ1) is 33.6. The lowest BCUT2D eigenvalue weighted by Crippen LogP contribution is -2.32. The van der Waals surface area contributed by atoms with E-state index in [-0.39, 0.29) is 5.41 Å². The molecule has 0 unspecified atom stereocenters. The number of furan rings is 1. The summed E-state index contributed by atoms with van der Waals surface area (Å²) in [4.78, 5) is 4.76. The SMILES string of the molecule is CC1(C)c2cc(-c3ccc(N(c4ccc(-c5ccccc5)cc4)c4cccc5c4oc4ccccc45)cc3)ccc2N2c3c(cccc31)Oc1ccc3ccccc3c12. The van der Waals surface area contributed by atoms with E-state index in [0.29, 0.717) is 0 Å². The minimum Gasteiger partial charge on any atom is -0.454 e. The molecule has 2 aliphatic rings. The van der Waals surface area contributed by atoms with Crippen molar-refractivity contribution in [1.29, 1.82) is 0 Å². The minimum absolute atomic E-state index is 0.271. The Hall–Kier alpha value is -7.56. The molecule has 3 heterocycles. The van der Waals surface area contributed by atoms with Gasteiger partial charge in [-0.1, -0.05) is 147 Å². The lowest BCUT2D eigenvalue weighted by molar-refractivity contribution is 0.472. The van der Waals surface area contributed by atoms with Gasteiger partial charge in [0.1, 0.15) is 5.58 Å². The zero-order valence-corrected chi connectivity index (χ0v) is 32.7. The second kappa shape index (κ2) is 12.7. The van der Waals surface area contributed by atoms with Gasteiger partial charge in [0.2, 0.25) is 0 Å². The molecule has 0 aliphatic carbocycles. The van der Waals surface area contributed by atoms with Gasteiger partial charge in [-0.05, 0) is 99.4 Å². The van der Waals surface area contributed by atoms with Crippen molar-refractivity contribution in [1.82, 2.24) is 0 Å². The Morgan fingerprint density at radius 1 is 0.458 bits per heavy atom. The lowest BCUT2D eigenvalue weighted by atomic mass is 9.72. The van der Waals surface area contributed by atoms with Gasteiger partial charge in [0.25, 0.3) is 0 Å². The van der Waals surface area contributed by atoms with Crippen LogP contribution in [0.4, 0.5) is 34.1 Å². The van der Waals surface area contributed by atoms with Gasteiger partial charge in [-0.25, -0.2) is 0 Å². The third kappa shape index (κ3) is 5.09. The summed E-state index contributed by atoms with van der Waals surface area (Å²) >= 11 is 0. The van der Waals surface area contributed by atoms with Gasteiger partial charge < -0.3 is 19.0 Å². The molecule has 12 rings (SSSR count). The Kier molecular flexibility index (Phi) is 7.24. The topological polar surface area (TPSA) is 28.9 Å². The van der Waals surface area contributed by atoms with Crippen LogP contribution in [-0.4, -0.2) is 0 Å². The molecule has 4 heteroatoms. The number of hydrogen-bond acceptors (Lipinski definition) is 4. The van der Waals surface area contributed by atoms with Crippen LogP contribution in [0.25, 0.3) is 55.0 Å². The molecule has 0 bridgehead atoms. The first-order chi connectivity index (χ1) is 29.0. The first-order valence-electron chi connectivity index (χ1n) is 20.3. The Morgan fingerprint density at radius 3 is 1.88 bits per heavy atom. The maximum atomic E-state index is 6.64. The van der Waals surface area contributed by atoms with Crippen molar-refractivity contribution in [2.24, 2.45) is 0 Å². The number of ether oxygens (including phenoxy) is 1. The Morgan fingerprint density at radius 2 is 1.08 bits per heavy atom. The number of nitrogens with zero attached hydrogens (tertiary/aromatic N) is 2. The second-order valence-electron chi connectivity index (χ2n) is 16.1. The standard InChI is InChI=1S/C55H38N2O2/c1-55(2)45-18-11-21-50-53(45)57(52-42-15-7-6-14-38(42)27-33-51(52)58-50)47-32-26-39(34-46(47)55)37-24-30-41(31-25-37)56(40-28-22-36(23-29-40)35-12-4-3-5-13-35)48-19-10-17-44-43-16-8-9-20-49(43)59-54(44)48/h3-34H,1-2H3. The van der Waals surface area contributed by atoms with E-state index in [4.69, 9.17) is 9.15 Å². The van der Waals surface area contributed by atoms with Crippen LogP contribution in [0.2, 0.25) is 0 Å². The molecule has 4 nitrogen and oxygen atoms in total. The predicted octanol–water partition coefficient (Wildman–Crippen LogP) is 15.8. The molecule has 0 N–H and O–H groups in total. The van der Waals surface area contributed by atoms with E-state index < -0.39 is 0 Å². The van der Waals surface area contributed by atoms with Crippen LogP contribution < -0.4 is 14.5 Å². The van der Waals surface area contributed by atoms with Gasteiger partial charge in [-0.15, -0.1) is 0 Å². The van der Waals surface area contributed by atoms with Crippen molar-refractivity contribution >= 4 is 66.8 Å². The number of hydrogen-bond donors (Lipinski definition) is 0. The third-order valence-corrected chi connectivity index (χ3v) is 12.4. The maximum absolute atomic E-state index is 6.64. The van der Waals surface area contributed by atoms with Crippen molar-refractivity contribution < 1.29 is 9.15 Å². The molecule has 0 saturated heterocycles. The minimum atomic E-state index is -0.271. The van der Waals surface area contributed by atoms with Crippen LogP contribution in [-0.2, 0) is 5.41 Å². The highest BCUT2D eigenvalue weighted by Gasteiger charge is 2.42. The van der Waals surface area contributed by atoms with E-state index >= 15 is 0 Å². The number of benzene rings is 9. The van der Waals surface area contributed by atoms with Crippen LogP contribution in [0.15, 0.2) is 199 Å². The lowest BCUT2D eigenvalue weighted by Gasteiger charge is -2.45. The van der Waals surface area contributed by atoms with E-state index in [1.54, 1.807) is 0 Å². The summed E-state index contributed by atoms with van der Waals surface area (Å²) in [6.45, 7) is 4.67. The van der Waals surface area contributed by atoms with E-state index in [2.05, 4.69) is 206 Å². The average Bonchev–Trinajstić information content (AvgIpc) is 3.68. The average molecular weight is 759 g/mol. The van der Waals surface area contributed by atoms with Gasteiger partial charge in [-0.2, -0.15) is 0 Å². The van der Waals surface area contributed by atoms with Crippen LogP contribution in [0.1, 0.15) is 25.0 Å². The van der Waals surface area contributed by atoms with Crippen molar-refractivity contribution in [3.8, 4) is 33.8 Å². The fourth-order valence-electron chi connectivity index (χ4n) is 9.49. The summed E-state index contributed by atoms with van der Waals surface area (Å²) in [6, 6.07) is 69.4. The summed E-state index contributed by atoms with van der Waals surface area (Å²) in [6.07, 6.45) is 0.